The molecule has 0 radical (unpaired) electrons. The second-order valence-electron chi connectivity index (χ2n) is 7.60. The Labute approximate surface area is 192 Å². The third-order valence-electron chi connectivity index (χ3n) is 5.66. The van der Waals surface area contributed by atoms with Gasteiger partial charge in [0.05, 0.1) is 0 Å². The highest BCUT2D eigenvalue weighted by Gasteiger charge is 2.38. The fourth-order valence-electron chi connectivity index (χ4n) is 4.00. The lowest BCUT2D eigenvalue weighted by Gasteiger charge is -2.45. The predicted molar refractivity (Wildman–Crippen MR) is 131 cm³/mol. The van der Waals surface area contributed by atoms with Crippen LogP contribution < -0.4 is 0 Å². The van der Waals surface area contributed by atoms with Gasteiger partial charge in [0.15, 0.2) is 0 Å². The Balaban J connectivity index is 1.44. The van der Waals surface area contributed by atoms with E-state index in [-0.39, 0.29) is 9.36 Å². The van der Waals surface area contributed by atoms with Crippen molar-refractivity contribution in [1.29, 1.82) is 0 Å². The minimum atomic E-state index is -0.192. The summed E-state index contributed by atoms with van der Waals surface area (Å²) in [5.41, 5.74) is 3.68. The first kappa shape index (κ1) is 21.2. The van der Waals surface area contributed by atoms with Gasteiger partial charge >= 0.3 is 0 Å². The Morgan fingerprint density at radius 2 is 1.30 bits per heavy atom. The zero-order chi connectivity index (χ0) is 20.8. The van der Waals surface area contributed by atoms with Gasteiger partial charge in [-0.05, 0) is 28.8 Å². The number of hydrogen-bond donors (Lipinski definition) is 0. The van der Waals surface area contributed by atoms with Crippen molar-refractivity contribution in [3.63, 3.8) is 0 Å². The number of piperazine rings is 1. The van der Waals surface area contributed by atoms with E-state index in [1.807, 2.05) is 12.1 Å². The third kappa shape index (κ3) is 4.82. The third-order valence-corrected chi connectivity index (χ3v) is 7.59. The number of benzene rings is 3. The van der Waals surface area contributed by atoms with Crippen LogP contribution in [0.5, 0.6) is 0 Å². The standard InChI is InChI=1S/C26H26FIN2/c27-25-15-13-22(14-16-25)8-7-17-29-18-20-30(21-19-29)26(28,23-9-3-1-4-10-23)24-11-5-2-6-12-24/h1-16H,17-21H2. The van der Waals surface area contributed by atoms with Crippen LogP contribution in [0.4, 0.5) is 4.39 Å². The topological polar surface area (TPSA) is 6.48 Å². The summed E-state index contributed by atoms with van der Waals surface area (Å²) in [6.45, 7) is 4.99. The highest BCUT2D eigenvalue weighted by atomic mass is 127. The van der Waals surface area contributed by atoms with Gasteiger partial charge < -0.3 is 0 Å². The molecule has 1 aliphatic heterocycles. The lowest BCUT2D eigenvalue weighted by Crippen LogP contribution is -2.53. The maximum absolute atomic E-state index is 13.0. The van der Waals surface area contributed by atoms with Crippen LogP contribution in [-0.4, -0.2) is 42.5 Å². The average molecular weight is 512 g/mol. The van der Waals surface area contributed by atoms with Gasteiger partial charge in [0.2, 0.25) is 0 Å². The minimum absolute atomic E-state index is 0.170. The van der Waals surface area contributed by atoms with Crippen molar-refractivity contribution in [1.82, 2.24) is 9.80 Å². The molecule has 154 valence electrons. The second kappa shape index (κ2) is 9.86. The van der Waals surface area contributed by atoms with Gasteiger partial charge in [0, 0.05) is 32.7 Å². The molecule has 1 saturated heterocycles. The second-order valence-corrected chi connectivity index (χ2v) is 9.16. The van der Waals surface area contributed by atoms with Crippen LogP contribution in [0, 0.1) is 5.82 Å². The molecule has 0 amide bonds. The van der Waals surface area contributed by atoms with Crippen LogP contribution in [0.1, 0.15) is 16.7 Å². The van der Waals surface area contributed by atoms with Crippen LogP contribution in [0.25, 0.3) is 6.08 Å². The van der Waals surface area contributed by atoms with Gasteiger partial charge in [0.25, 0.3) is 0 Å². The fourth-order valence-corrected chi connectivity index (χ4v) is 5.20. The summed E-state index contributed by atoms with van der Waals surface area (Å²) in [4.78, 5) is 5.07. The summed E-state index contributed by atoms with van der Waals surface area (Å²) in [7, 11) is 0. The number of alkyl halides is 1. The summed E-state index contributed by atoms with van der Waals surface area (Å²) in [5.74, 6) is -0.192. The summed E-state index contributed by atoms with van der Waals surface area (Å²) in [6.07, 6.45) is 4.25. The number of rotatable bonds is 6. The molecular weight excluding hydrogens is 486 g/mol. The van der Waals surface area contributed by atoms with E-state index >= 15 is 0 Å². The van der Waals surface area contributed by atoms with E-state index in [9.17, 15) is 4.39 Å². The summed E-state index contributed by atoms with van der Waals surface area (Å²) >= 11 is 2.63. The normalized spacial score (nSPS) is 16.2. The largest absolute Gasteiger partial charge is 0.297 e. The Morgan fingerprint density at radius 1 is 0.767 bits per heavy atom. The van der Waals surface area contributed by atoms with Crippen LogP contribution >= 0.6 is 22.6 Å². The summed E-state index contributed by atoms with van der Waals surface area (Å²) in [5, 5.41) is 0. The molecule has 2 nitrogen and oxygen atoms in total. The van der Waals surface area contributed by atoms with Crippen molar-refractivity contribution in [2.24, 2.45) is 0 Å². The highest BCUT2D eigenvalue weighted by Crippen LogP contribution is 2.42. The Bertz CT molecular complexity index is 910. The maximum Gasteiger partial charge on any atom is 0.124 e. The Hall–Kier alpha value is -2.02. The molecule has 0 unspecified atom stereocenters. The molecule has 1 aliphatic rings. The van der Waals surface area contributed by atoms with E-state index in [1.165, 1.54) is 23.3 Å². The first-order valence-corrected chi connectivity index (χ1v) is 11.4. The van der Waals surface area contributed by atoms with E-state index in [0.29, 0.717) is 0 Å². The van der Waals surface area contributed by atoms with Crippen molar-refractivity contribution in [2.75, 3.05) is 32.7 Å². The molecule has 0 aliphatic carbocycles. The fraction of sp³-hybridized carbons (Fsp3) is 0.231. The Kier molecular flexibility index (Phi) is 6.97. The van der Waals surface area contributed by atoms with Crippen molar-refractivity contribution in [2.45, 2.75) is 3.55 Å². The SMILES string of the molecule is Fc1ccc(C=CCN2CCN(C(I)(c3ccccc3)c3ccccc3)CC2)cc1. The molecule has 1 heterocycles. The summed E-state index contributed by atoms with van der Waals surface area (Å²) < 4.78 is 12.9. The first-order chi connectivity index (χ1) is 14.7. The molecule has 0 atom stereocenters. The number of nitrogens with zero attached hydrogens (tertiary/aromatic N) is 2. The average Bonchev–Trinajstić information content (AvgIpc) is 2.81. The molecule has 0 saturated carbocycles. The molecular formula is C26H26FIN2. The van der Waals surface area contributed by atoms with E-state index < -0.39 is 0 Å². The van der Waals surface area contributed by atoms with Gasteiger partial charge in [-0.25, -0.2) is 4.39 Å². The van der Waals surface area contributed by atoms with E-state index in [4.69, 9.17) is 0 Å². The van der Waals surface area contributed by atoms with Crippen molar-refractivity contribution in [3.05, 3.63) is 114 Å². The minimum Gasteiger partial charge on any atom is -0.297 e. The lowest BCUT2D eigenvalue weighted by atomic mass is 9.96. The summed E-state index contributed by atoms with van der Waals surface area (Å²) in [6, 6.07) is 28.2. The molecule has 30 heavy (non-hydrogen) atoms. The molecule has 0 bridgehead atoms. The van der Waals surface area contributed by atoms with Gasteiger partial charge in [-0.2, -0.15) is 0 Å². The van der Waals surface area contributed by atoms with Crippen LogP contribution in [0.2, 0.25) is 0 Å². The quantitative estimate of drug-likeness (QED) is 0.234. The van der Waals surface area contributed by atoms with Crippen molar-refractivity contribution >= 4 is 28.7 Å². The molecule has 1 fully saturated rings. The van der Waals surface area contributed by atoms with Gasteiger partial charge in [-0.15, -0.1) is 0 Å². The van der Waals surface area contributed by atoms with Crippen molar-refractivity contribution in [3.8, 4) is 0 Å². The zero-order valence-corrected chi connectivity index (χ0v) is 19.1. The molecule has 0 aromatic heterocycles. The molecule has 4 heteroatoms. The number of halogens is 2. The molecule has 0 spiro atoms. The number of hydrogen-bond acceptors (Lipinski definition) is 2. The smallest absolute Gasteiger partial charge is 0.124 e. The highest BCUT2D eigenvalue weighted by molar-refractivity contribution is 14.1. The monoisotopic (exact) mass is 512 g/mol. The Morgan fingerprint density at radius 3 is 1.83 bits per heavy atom. The molecule has 3 aromatic rings. The van der Waals surface area contributed by atoms with Gasteiger partial charge in [-0.3, -0.25) is 9.80 Å². The van der Waals surface area contributed by atoms with Crippen molar-refractivity contribution < 1.29 is 4.39 Å². The van der Waals surface area contributed by atoms with E-state index in [0.717, 1.165) is 38.3 Å². The van der Waals surface area contributed by atoms with E-state index in [2.05, 4.69) is 105 Å². The zero-order valence-electron chi connectivity index (χ0n) is 16.9. The first-order valence-electron chi connectivity index (χ1n) is 10.4. The predicted octanol–water partition coefficient (Wildman–Crippen LogP) is 5.79. The molecule has 4 rings (SSSR count). The molecule has 3 aromatic carbocycles. The van der Waals surface area contributed by atoms with Gasteiger partial charge in [-0.1, -0.05) is 108 Å². The lowest BCUT2D eigenvalue weighted by molar-refractivity contribution is 0.110. The van der Waals surface area contributed by atoms with Crippen LogP contribution in [0.15, 0.2) is 91.0 Å². The van der Waals surface area contributed by atoms with Crippen LogP contribution in [0.3, 0.4) is 0 Å². The van der Waals surface area contributed by atoms with Gasteiger partial charge in [0.1, 0.15) is 9.36 Å². The van der Waals surface area contributed by atoms with Crippen LogP contribution in [-0.2, 0) is 3.55 Å². The maximum atomic E-state index is 13.0. The molecule has 0 N–H and O–H groups in total. The van der Waals surface area contributed by atoms with E-state index in [1.54, 1.807) is 0 Å².